The third kappa shape index (κ3) is 8.86. The van der Waals surface area contributed by atoms with Crippen molar-refractivity contribution >= 4 is 41.7 Å². The number of hydrogen-bond donors (Lipinski definition) is 2. The summed E-state index contributed by atoms with van der Waals surface area (Å²) in [6.45, 7) is 4.46. The second-order valence-electron chi connectivity index (χ2n) is 5.01. The summed E-state index contributed by atoms with van der Waals surface area (Å²) in [5.74, 6) is 3.53. The van der Waals surface area contributed by atoms with E-state index in [0.29, 0.717) is 6.54 Å². The maximum Gasteiger partial charge on any atom is 0.191 e. The van der Waals surface area contributed by atoms with Crippen molar-refractivity contribution in [1.29, 1.82) is 0 Å². The highest BCUT2D eigenvalue weighted by Gasteiger charge is 2.04. The fourth-order valence-corrected chi connectivity index (χ4v) is 2.56. The van der Waals surface area contributed by atoms with Gasteiger partial charge >= 0.3 is 0 Å². The van der Waals surface area contributed by atoms with Gasteiger partial charge in [-0.2, -0.15) is 11.8 Å². The zero-order valence-electron chi connectivity index (χ0n) is 15.1. The largest absolute Gasteiger partial charge is 0.493 e. The predicted molar refractivity (Wildman–Crippen MR) is 115 cm³/mol. The smallest absolute Gasteiger partial charge is 0.191 e. The van der Waals surface area contributed by atoms with Gasteiger partial charge in [0.25, 0.3) is 0 Å². The van der Waals surface area contributed by atoms with E-state index in [4.69, 9.17) is 9.47 Å². The molecule has 138 valence electrons. The average molecular weight is 467 g/mol. The van der Waals surface area contributed by atoms with Crippen LogP contribution in [0.4, 0.5) is 0 Å². The number of halogens is 1. The second-order valence-corrected chi connectivity index (χ2v) is 6.00. The van der Waals surface area contributed by atoms with Gasteiger partial charge in [0.2, 0.25) is 0 Å². The molecule has 0 unspecified atom stereocenters. The number of rotatable bonds is 10. The van der Waals surface area contributed by atoms with Crippen LogP contribution in [0, 0.1) is 0 Å². The Hall–Kier alpha value is -0.830. The van der Waals surface area contributed by atoms with E-state index in [2.05, 4.69) is 28.8 Å². The van der Waals surface area contributed by atoms with Crippen LogP contribution in [0.5, 0.6) is 11.5 Å². The molecule has 0 fully saturated rings. The van der Waals surface area contributed by atoms with Crippen molar-refractivity contribution in [2.45, 2.75) is 26.3 Å². The lowest BCUT2D eigenvalue weighted by molar-refractivity contribution is 0.354. The second kappa shape index (κ2) is 14.5. The molecular formula is C17H30IN3O2S. The minimum Gasteiger partial charge on any atom is -0.493 e. The molecule has 0 radical (unpaired) electrons. The van der Waals surface area contributed by atoms with E-state index in [1.807, 2.05) is 30.0 Å². The minimum atomic E-state index is 0. The lowest BCUT2D eigenvalue weighted by Gasteiger charge is -2.12. The number of guanidine groups is 1. The first-order valence-corrected chi connectivity index (χ1v) is 9.36. The molecule has 0 aliphatic rings. The van der Waals surface area contributed by atoms with E-state index in [9.17, 15) is 0 Å². The molecule has 0 spiro atoms. The van der Waals surface area contributed by atoms with Gasteiger partial charge in [-0.05, 0) is 49.5 Å². The van der Waals surface area contributed by atoms with Crippen LogP contribution in [0.3, 0.4) is 0 Å². The number of ether oxygens (including phenoxy) is 2. The summed E-state index contributed by atoms with van der Waals surface area (Å²) in [7, 11) is 3.28. The van der Waals surface area contributed by atoms with Crippen LogP contribution < -0.4 is 20.1 Å². The normalized spacial score (nSPS) is 10.8. The number of hydrogen-bond acceptors (Lipinski definition) is 4. The predicted octanol–water partition coefficient (Wildman–Crippen LogP) is 3.52. The lowest BCUT2D eigenvalue weighted by Crippen LogP contribution is -2.37. The van der Waals surface area contributed by atoms with Gasteiger partial charge in [0.1, 0.15) is 0 Å². The molecule has 0 aliphatic carbocycles. The van der Waals surface area contributed by atoms with Crippen LogP contribution in [-0.2, 0) is 6.54 Å². The molecule has 0 saturated carbocycles. The van der Waals surface area contributed by atoms with Gasteiger partial charge in [-0.1, -0.05) is 6.07 Å². The summed E-state index contributed by atoms with van der Waals surface area (Å²) < 4.78 is 10.6. The molecule has 7 heteroatoms. The fourth-order valence-electron chi connectivity index (χ4n) is 2.07. The van der Waals surface area contributed by atoms with Crippen molar-refractivity contribution in [3.05, 3.63) is 23.8 Å². The third-order valence-corrected chi connectivity index (χ3v) is 3.98. The van der Waals surface area contributed by atoms with E-state index in [-0.39, 0.29) is 24.0 Å². The van der Waals surface area contributed by atoms with Crippen LogP contribution in [0.1, 0.15) is 25.3 Å². The van der Waals surface area contributed by atoms with Crippen LogP contribution >= 0.6 is 35.7 Å². The summed E-state index contributed by atoms with van der Waals surface area (Å²) in [5.41, 5.74) is 1.09. The molecule has 0 aliphatic heterocycles. The van der Waals surface area contributed by atoms with Crippen molar-refractivity contribution in [3.63, 3.8) is 0 Å². The topological polar surface area (TPSA) is 54.9 Å². The van der Waals surface area contributed by atoms with Gasteiger partial charge in [-0.3, -0.25) is 0 Å². The van der Waals surface area contributed by atoms with Crippen molar-refractivity contribution < 1.29 is 9.47 Å². The standard InChI is InChI=1S/C17H29N3O2S.HI/c1-5-18-17(19-10-6-7-11-23-4)20-13-14-8-9-15(21-2)16(12-14)22-3;/h8-9,12H,5-7,10-11,13H2,1-4H3,(H2,18,19,20);1H. The Balaban J connectivity index is 0.00000529. The third-order valence-electron chi connectivity index (χ3n) is 3.28. The van der Waals surface area contributed by atoms with Crippen LogP contribution in [-0.4, -0.2) is 45.3 Å². The van der Waals surface area contributed by atoms with Crippen molar-refractivity contribution in [2.24, 2.45) is 4.99 Å². The molecule has 1 rings (SSSR count). The maximum atomic E-state index is 5.33. The van der Waals surface area contributed by atoms with Gasteiger partial charge in [-0.25, -0.2) is 4.99 Å². The van der Waals surface area contributed by atoms with E-state index < -0.39 is 0 Å². The minimum absolute atomic E-state index is 0. The molecular weight excluding hydrogens is 437 g/mol. The van der Waals surface area contributed by atoms with Gasteiger partial charge < -0.3 is 20.1 Å². The first-order valence-electron chi connectivity index (χ1n) is 7.97. The Morgan fingerprint density at radius 1 is 1.12 bits per heavy atom. The zero-order valence-corrected chi connectivity index (χ0v) is 18.2. The monoisotopic (exact) mass is 467 g/mol. The van der Waals surface area contributed by atoms with E-state index in [1.54, 1.807) is 14.2 Å². The Kier molecular flexibility index (Phi) is 14.0. The van der Waals surface area contributed by atoms with Crippen LogP contribution in [0.15, 0.2) is 23.2 Å². The number of nitrogens with one attached hydrogen (secondary N) is 2. The lowest BCUT2D eigenvalue weighted by atomic mass is 10.2. The van der Waals surface area contributed by atoms with E-state index in [0.717, 1.165) is 42.5 Å². The summed E-state index contributed by atoms with van der Waals surface area (Å²) in [4.78, 5) is 4.63. The van der Waals surface area contributed by atoms with Crippen LogP contribution in [0.2, 0.25) is 0 Å². The number of nitrogens with zero attached hydrogens (tertiary/aromatic N) is 1. The highest BCUT2D eigenvalue weighted by molar-refractivity contribution is 14.0. The molecule has 0 heterocycles. The molecule has 5 nitrogen and oxygen atoms in total. The highest BCUT2D eigenvalue weighted by Crippen LogP contribution is 2.27. The van der Waals surface area contributed by atoms with E-state index in [1.165, 1.54) is 12.2 Å². The Morgan fingerprint density at radius 2 is 1.88 bits per heavy atom. The first kappa shape index (κ1) is 23.2. The van der Waals surface area contributed by atoms with Gasteiger partial charge in [0, 0.05) is 13.1 Å². The molecule has 0 saturated heterocycles. The fraction of sp³-hybridized carbons (Fsp3) is 0.588. The van der Waals surface area contributed by atoms with Gasteiger partial charge in [0.05, 0.1) is 20.8 Å². The number of thioether (sulfide) groups is 1. The first-order chi connectivity index (χ1) is 11.2. The zero-order chi connectivity index (χ0) is 16.9. The van der Waals surface area contributed by atoms with Crippen molar-refractivity contribution in [2.75, 3.05) is 39.3 Å². The maximum absolute atomic E-state index is 5.33. The molecule has 1 aromatic rings. The highest BCUT2D eigenvalue weighted by atomic mass is 127. The molecule has 0 atom stereocenters. The van der Waals surface area contributed by atoms with E-state index >= 15 is 0 Å². The average Bonchev–Trinajstić information content (AvgIpc) is 2.59. The molecule has 24 heavy (non-hydrogen) atoms. The molecule has 0 bridgehead atoms. The van der Waals surface area contributed by atoms with Crippen LogP contribution in [0.25, 0.3) is 0 Å². The molecule has 1 aromatic carbocycles. The number of unbranched alkanes of at least 4 members (excludes halogenated alkanes) is 1. The summed E-state index contributed by atoms with van der Waals surface area (Å²) >= 11 is 1.89. The summed E-state index contributed by atoms with van der Waals surface area (Å²) in [5, 5.41) is 6.65. The summed E-state index contributed by atoms with van der Waals surface area (Å²) in [6, 6.07) is 5.88. The Morgan fingerprint density at radius 3 is 2.50 bits per heavy atom. The number of aliphatic imine (C=N–C) groups is 1. The Labute approximate surface area is 167 Å². The van der Waals surface area contributed by atoms with Gasteiger partial charge in [-0.15, -0.1) is 24.0 Å². The van der Waals surface area contributed by atoms with Crippen molar-refractivity contribution in [3.8, 4) is 11.5 Å². The SMILES string of the molecule is CCNC(=NCc1ccc(OC)c(OC)c1)NCCCCSC.I. The number of methoxy groups -OCH3 is 2. The number of benzene rings is 1. The van der Waals surface area contributed by atoms with Gasteiger partial charge in [0.15, 0.2) is 17.5 Å². The molecule has 2 N–H and O–H groups in total. The molecule has 0 aromatic heterocycles. The Bertz CT molecular complexity index is 487. The van der Waals surface area contributed by atoms with Crippen molar-refractivity contribution in [1.82, 2.24) is 10.6 Å². The summed E-state index contributed by atoms with van der Waals surface area (Å²) in [6.07, 6.45) is 4.52. The molecule has 0 amide bonds. The quantitative estimate of drug-likeness (QED) is 0.239.